The molecule has 2 heterocycles. The maximum Gasteiger partial charge on any atom is 1.00 e. The van der Waals surface area contributed by atoms with E-state index in [1.807, 2.05) is 55.4 Å². The summed E-state index contributed by atoms with van der Waals surface area (Å²) >= 11 is 0. The Morgan fingerprint density at radius 1 is 0.700 bits per heavy atom. The van der Waals surface area contributed by atoms with Crippen LogP contribution < -0.4 is 29.6 Å². The molecule has 0 saturated heterocycles. The summed E-state index contributed by atoms with van der Waals surface area (Å²) in [6.07, 6.45) is 0.0377. The smallest absolute Gasteiger partial charge is 0.870 e. The van der Waals surface area contributed by atoms with Crippen LogP contribution in [-0.2, 0) is 6.42 Å². The molecule has 214 valence electrons. The Balaban J connectivity index is 0.000000819. The van der Waals surface area contributed by atoms with Crippen molar-refractivity contribution in [1.82, 2.24) is 0 Å². The van der Waals surface area contributed by atoms with E-state index in [9.17, 15) is 19.5 Å². The third kappa shape index (κ3) is 9.37. The summed E-state index contributed by atoms with van der Waals surface area (Å²) in [4.78, 5) is 34.1. The second-order valence-corrected chi connectivity index (χ2v) is 10.5. The van der Waals surface area contributed by atoms with Crippen LogP contribution in [-0.4, -0.2) is 38.5 Å². The Morgan fingerprint density at radius 3 is 1.50 bits per heavy atom. The molecule has 0 spiro atoms. The fraction of sp³-hybridized carbons (Fsp3) is 0.433. The molecule has 0 unspecified atom stereocenters. The van der Waals surface area contributed by atoms with Gasteiger partial charge in [0, 0.05) is 18.3 Å². The van der Waals surface area contributed by atoms with Gasteiger partial charge in [-0.2, -0.15) is 0 Å². The van der Waals surface area contributed by atoms with E-state index >= 15 is 0 Å². The average molecular weight is 567 g/mol. The number of ketones is 1. The minimum Gasteiger partial charge on any atom is -0.870 e. The molecule has 1 aromatic carbocycles. The molecule has 3 aromatic rings. The topological polar surface area (TPSA) is 168 Å². The third-order valence-electron chi connectivity index (χ3n) is 6.02. The number of carboxylic acids is 2. The summed E-state index contributed by atoms with van der Waals surface area (Å²) in [7, 11) is 0. The second-order valence-electron chi connectivity index (χ2n) is 10.5. The van der Waals surface area contributed by atoms with Gasteiger partial charge in [0.2, 0.25) is 11.5 Å². The first-order chi connectivity index (χ1) is 17.6. The number of hydrogen-bond acceptors (Lipinski definition) is 7. The average Bonchev–Trinajstić information content (AvgIpc) is 3.45. The molecule has 0 atom stereocenters. The van der Waals surface area contributed by atoms with Gasteiger partial charge in [-0.05, 0) is 52.8 Å². The van der Waals surface area contributed by atoms with Crippen LogP contribution in [0.4, 0.5) is 0 Å². The van der Waals surface area contributed by atoms with Gasteiger partial charge >= 0.3 is 41.5 Å². The number of aromatic carboxylic acids is 2. The number of carbonyl (C=O) groups excluding carboxylic acids is 1. The molecule has 3 rings (SSSR count). The molecule has 40 heavy (non-hydrogen) atoms. The molecular formula is C30H39NaO9. The van der Waals surface area contributed by atoms with Crippen LogP contribution in [0.25, 0.3) is 0 Å². The SMILES string of the molecule is CC(C)c1cc(C(=O)Cc2ccc(C(=O)O)c(O)c2)oc1C(C)C.CC(C)c1cc(C(=O)O)oc1C(C)C.[Na+].[OH-]. The first-order valence-electron chi connectivity index (χ1n) is 12.7. The first kappa shape index (κ1) is 37.1. The number of benzene rings is 1. The van der Waals surface area contributed by atoms with E-state index in [0.717, 1.165) is 22.6 Å². The second kappa shape index (κ2) is 15.8. The standard InChI is InChI=1S/C19H22O5.C11H16O3.Na.H2O/c1-10(2)14-9-17(24-18(14)11(3)4)16(21)8-12-5-6-13(19(22)23)15(20)7-12;1-6(2)8-5-9(11(12)13)14-10(8)7(3)4;;/h5-7,9-11,20H,8H2,1-4H3,(H,22,23);5-7H,1-4H3,(H,12,13);;1H2/q;;+1;/p-1. The van der Waals surface area contributed by atoms with Crippen LogP contribution in [0.1, 0.15) is 139 Å². The molecule has 4 N–H and O–H groups in total. The van der Waals surface area contributed by atoms with Gasteiger partial charge in [0.25, 0.3) is 0 Å². The molecule has 0 saturated carbocycles. The monoisotopic (exact) mass is 566 g/mol. The van der Waals surface area contributed by atoms with Crippen molar-refractivity contribution >= 4 is 17.7 Å². The molecule has 0 aliphatic rings. The van der Waals surface area contributed by atoms with Gasteiger partial charge in [0.1, 0.15) is 22.8 Å². The summed E-state index contributed by atoms with van der Waals surface area (Å²) in [5.41, 5.74) is 2.37. The molecule has 0 radical (unpaired) electrons. The quantitative estimate of drug-likeness (QED) is 0.251. The Kier molecular flexibility index (Phi) is 14.7. The van der Waals surface area contributed by atoms with Crippen LogP contribution in [0.5, 0.6) is 5.75 Å². The van der Waals surface area contributed by atoms with E-state index in [-0.39, 0.29) is 82.1 Å². The largest absolute Gasteiger partial charge is 1.00 e. The van der Waals surface area contributed by atoms with Crippen molar-refractivity contribution in [2.75, 3.05) is 0 Å². The summed E-state index contributed by atoms with van der Waals surface area (Å²) in [6, 6.07) is 7.53. The number of aromatic hydroxyl groups is 1. The van der Waals surface area contributed by atoms with Crippen molar-refractivity contribution in [1.29, 1.82) is 0 Å². The summed E-state index contributed by atoms with van der Waals surface area (Å²) < 4.78 is 11.1. The predicted octanol–water partition coefficient (Wildman–Crippen LogP) is 4.41. The maximum absolute atomic E-state index is 12.5. The van der Waals surface area contributed by atoms with Gasteiger partial charge in [0.05, 0.1) is 0 Å². The van der Waals surface area contributed by atoms with Crippen molar-refractivity contribution in [2.24, 2.45) is 0 Å². The summed E-state index contributed by atoms with van der Waals surface area (Å²) in [5, 5.41) is 27.4. The van der Waals surface area contributed by atoms with Crippen LogP contribution in [0.2, 0.25) is 0 Å². The molecular weight excluding hydrogens is 527 g/mol. The first-order valence-corrected chi connectivity index (χ1v) is 12.7. The van der Waals surface area contributed by atoms with Crippen LogP contribution in [0.15, 0.2) is 39.2 Å². The van der Waals surface area contributed by atoms with E-state index in [0.29, 0.717) is 17.2 Å². The number of phenols is 1. The van der Waals surface area contributed by atoms with Crippen molar-refractivity contribution in [3.8, 4) is 5.75 Å². The van der Waals surface area contributed by atoms with Gasteiger partial charge in [0.15, 0.2) is 5.76 Å². The predicted molar refractivity (Wildman–Crippen MR) is 146 cm³/mol. The van der Waals surface area contributed by atoms with Gasteiger partial charge in [-0.3, -0.25) is 4.79 Å². The molecule has 0 amide bonds. The molecule has 10 heteroatoms. The van der Waals surface area contributed by atoms with E-state index in [2.05, 4.69) is 0 Å². The Labute approximate surface area is 257 Å². The van der Waals surface area contributed by atoms with Crippen molar-refractivity contribution in [3.05, 3.63) is 75.6 Å². The van der Waals surface area contributed by atoms with Crippen LogP contribution >= 0.6 is 0 Å². The van der Waals surface area contributed by atoms with E-state index in [4.69, 9.17) is 19.0 Å². The van der Waals surface area contributed by atoms with Gasteiger partial charge < -0.3 is 29.6 Å². The fourth-order valence-corrected chi connectivity index (χ4v) is 4.03. The zero-order valence-electron chi connectivity index (χ0n) is 24.7. The van der Waals surface area contributed by atoms with E-state index in [1.54, 1.807) is 12.1 Å². The molecule has 9 nitrogen and oxygen atoms in total. The minimum absolute atomic E-state index is 0. The maximum atomic E-state index is 12.5. The van der Waals surface area contributed by atoms with Gasteiger partial charge in [-0.15, -0.1) is 0 Å². The van der Waals surface area contributed by atoms with Gasteiger partial charge in [-0.25, -0.2) is 9.59 Å². The third-order valence-corrected chi connectivity index (χ3v) is 6.02. The summed E-state index contributed by atoms with van der Waals surface area (Å²) in [6.45, 7) is 16.2. The normalized spacial score (nSPS) is 10.7. The number of carboxylic acid groups (broad SMARTS) is 2. The summed E-state index contributed by atoms with van der Waals surface area (Å²) in [5.74, 6) is 0.137. The van der Waals surface area contributed by atoms with Crippen molar-refractivity contribution in [2.45, 2.75) is 85.5 Å². The van der Waals surface area contributed by atoms with E-state index in [1.165, 1.54) is 18.2 Å². The Hall–Kier alpha value is -2.85. The number of furan rings is 2. The van der Waals surface area contributed by atoms with Gasteiger partial charge in [-0.1, -0.05) is 61.5 Å². The Morgan fingerprint density at radius 2 is 1.15 bits per heavy atom. The van der Waals surface area contributed by atoms with Crippen molar-refractivity contribution < 1.29 is 73.6 Å². The van der Waals surface area contributed by atoms with E-state index < -0.39 is 11.9 Å². The zero-order valence-corrected chi connectivity index (χ0v) is 26.7. The van der Waals surface area contributed by atoms with Crippen LogP contribution in [0, 0.1) is 0 Å². The molecule has 0 aliphatic heterocycles. The van der Waals surface area contributed by atoms with Crippen LogP contribution in [0.3, 0.4) is 0 Å². The number of Topliss-reactive ketones (excluding diaryl/α,β-unsaturated/α-hetero) is 1. The Bertz CT molecular complexity index is 1250. The number of carbonyl (C=O) groups is 3. The zero-order chi connectivity index (χ0) is 28.9. The molecule has 0 aliphatic carbocycles. The molecule has 0 fully saturated rings. The number of hydrogen-bond donors (Lipinski definition) is 3. The fourth-order valence-electron chi connectivity index (χ4n) is 4.03. The molecule has 0 bridgehead atoms. The van der Waals surface area contributed by atoms with Crippen molar-refractivity contribution in [3.63, 3.8) is 0 Å². The molecule has 2 aromatic heterocycles. The minimum atomic E-state index is -1.21. The number of rotatable bonds is 9.